The van der Waals surface area contributed by atoms with Gasteiger partial charge in [0.25, 0.3) is 11.6 Å². The van der Waals surface area contributed by atoms with Crippen LogP contribution in [0, 0.1) is 10.1 Å². The molecule has 1 aliphatic heterocycles. The molecule has 0 radical (unpaired) electrons. The second kappa shape index (κ2) is 4.57. The van der Waals surface area contributed by atoms with Gasteiger partial charge in [-0.1, -0.05) is 0 Å². The Balaban J connectivity index is 2.42. The lowest BCUT2D eigenvalue weighted by Crippen LogP contribution is -2.63. The van der Waals surface area contributed by atoms with Gasteiger partial charge >= 0.3 is 0 Å². The molecule has 0 atom stereocenters. The lowest BCUT2D eigenvalue weighted by molar-refractivity contribution is -0.457. The Morgan fingerprint density at radius 3 is 2.72 bits per heavy atom. The molecule has 18 heavy (non-hydrogen) atoms. The molecule has 0 spiro atoms. The lowest BCUT2D eigenvalue weighted by Gasteiger charge is -1.98. The fraction of sp³-hybridized carbons (Fsp3) is 0.111. The van der Waals surface area contributed by atoms with E-state index in [0.29, 0.717) is 11.5 Å². The number of nitro groups is 1. The standard InChI is InChI=1S/C9H9N5O4/c10-9(11)13-12-3-5-1-7-8(18-4-17-7)2-6(5)14(15)16/h1-3H,4H2,(H4,10,11,13)/p+1/b12-3-. The van der Waals surface area contributed by atoms with Crippen LogP contribution in [0.25, 0.3) is 0 Å². The lowest BCUT2D eigenvalue weighted by atomic mass is 10.1. The quantitative estimate of drug-likeness (QED) is 0.246. The SMILES string of the molecule is NC(N)=N/[NH+]=C\c1cc2c(cc1[N+](=O)[O-])OCO2. The number of fused-ring (bicyclic) bond motifs is 1. The number of ether oxygens (including phenoxy) is 2. The second-order valence-electron chi connectivity index (χ2n) is 3.33. The van der Waals surface area contributed by atoms with Crippen molar-refractivity contribution in [2.24, 2.45) is 16.6 Å². The van der Waals surface area contributed by atoms with Crippen LogP contribution in [0.3, 0.4) is 0 Å². The number of guanidine groups is 1. The third kappa shape index (κ3) is 2.29. The smallest absolute Gasteiger partial charge is 0.286 e. The minimum atomic E-state index is -0.537. The van der Waals surface area contributed by atoms with Crippen LogP contribution < -0.4 is 26.0 Å². The summed E-state index contributed by atoms with van der Waals surface area (Å²) in [4.78, 5) is 10.4. The minimum Gasteiger partial charge on any atom is -0.454 e. The number of nitrogens with one attached hydrogen (secondary N) is 1. The Kier molecular flexibility index (Phi) is 2.96. The predicted molar refractivity (Wildman–Crippen MR) is 61.2 cm³/mol. The highest BCUT2D eigenvalue weighted by Crippen LogP contribution is 2.36. The number of rotatable bonds is 3. The van der Waals surface area contributed by atoms with Gasteiger partial charge in [0.05, 0.1) is 11.0 Å². The predicted octanol–water partition coefficient (Wildman–Crippen LogP) is -1.99. The first-order valence-electron chi connectivity index (χ1n) is 4.83. The first-order valence-corrected chi connectivity index (χ1v) is 4.83. The van der Waals surface area contributed by atoms with Gasteiger partial charge in [0.15, 0.2) is 11.5 Å². The van der Waals surface area contributed by atoms with Crippen LogP contribution in [-0.2, 0) is 0 Å². The maximum atomic E-state index is 10.9. The summed E-state index contributed by atoms with van der Waals surface area (Å²) in [5.74, 6) is 0.577. The molecule has 1 aromatic rings. The molecule has 0 aromatic heterocycles. The summed E-state index contributed by atoms with van der Waals surface area (Å²) in [6, 6.07) is 2.75. The Labute approximate surface area is 101 Å². The van der Waals surface area contributed by atoms with Crippen molar-refractivity contribution in [1.82, 2.24) is 0 Å². The molecule has 2 rings (SSSR count). The summed E-state index contributed by atoms with van der Waals surface area (Å²) in [5.41, 5.74) is 10.4. The highest BCUT2D eigenvalue weighted by atomic mass is 16.7. The fourth-order valence-corrected chi connectivity index (χ4v) is 1.40. The van der Waals surface area contributed by atoms with E-state index in [0.717, 1.165) is 0 Å². The van der Waals surface area contributed by atoms with E-state index < -0.39 is 4.92 Å². The Hall–Kier alpha value is -2.84. The van der Waals surface area contributed by atoms with E-state index in [2.05, 4.69) is 10.2 Å². The first-order chi connectivity index (χ1) is 8.58. The van der Waals surface area contributed by atoms with E-state index in [4.69, 9.17) is 20.9 Å². The van der Waals surface area contributed by atoms with Crippen LogP contribution in [0.2, 0.25) is 0 Å². The highest BCUT2D eigenvalue weighted by Gasteiger charge is 2.23. The minimum absolute atomic E-state index is 0.0390. The molecule has 0 saturated carbocycles. The summed E-state index contributed by atoms with van der Waals surface area (Å²) in [6.45, 7) is 0.0390. The van der Waals surface area contributed by atoms with Crippen molar-refractivity contribution < 1.29 is 19.5 Å². The zero-order valence-electron chi connectivity index (χ0n) is 9.12. The molecule has 0 saturated heterocycles. The van der Waals surface area contributed by atoms with E-state index in [9.17, 15) is 10.1 Å². The van der Waals surface area contributed by atoms with Crippen LogP contribution in [0.1, 0.15) is 5.56 Å². The van der Waals surface area contributed by atoms with Crippen LogP contribution in [0.15, 0.2) is 17.2 Å². The van der Waals surface area contributed by atoms with Gasteiger partial charge in [-0.15, -0.1) is 5.10 Å². The molecule has 1 aliphatic rings. The van der Waals surface area contributed by atoms with Crippen LogP contribution in [-0.4, -0.2) is 23.9 Å². The molecule has 9 heteroatoms. The van der Waals surface area contributed by atoms with Gasteiger partial charge < -0.3 is 20.9 Å². The molecule has 5 N–H and O–H groups in total. The molecule has 0 aliphatic carbocycles. The number of nitrogens with zero attached hydrogens (tertiary/aromatic N) is 2. The topological polar surface area (TPSA) is 140 Å². The van der Waals surface area contributed by atoms with Gasteiger partial charge in [-0.2, -0.15) is 0 Å². The van der Waals surface area contributed by atoms with Crippen LogP contribution in [0.4, 0.5) is 5.69 Å². The third-order valence-electron chi connectivity index (χ3n) is 2.13. The summed E-state index contributed by atoms with van der Waals surface area (Å²) < 4.78 is 10.2. The number of nitro benzene ring substituents is 1. The Morgan fingerprint density at radius 2 is 2.11 bits per heavy atom. The number of hydrogen-bond acceptors (Lipinski definition) is 5. The average Bonchev–Trinajstić information content (AvgIpc) is 2.74. The van der Waals surface area contributed by atoms with Crippen molar-refractivity contribution in [3.63, 3.8) is 0 Å². The molecule has 0 fully saturated rings. The summed E-state index contributed by atoms with van der Waals surface area (Å²) in [6.07, 6.45) is 1.29. The van der Waals surface area contributed by atoms with Crippen molar-refractivity contribution in [2.45, 2.75) is 0 Å². The van der Waals surface area contributed by atoms with E-state index in [1.54, 1.807) is 0 Å². The molecular weight excluding hydrogens is 242 g/mol. The van der Waals surface area contributed by atoms with Gasteiger partial charge in [0.1, 0.15) is 5.56 Å². The van der Waals surface area contributed by atoms with E-state index in [1.807, 2.05) is 0 Å². The normalized spacial score (nSPS) is 12.7. The average molecular weight is 252 g/mol. The van der Waals surface area contributed by atoms with Crippen LogP contribution >= 0.6 is 0 Å². The summed E-state index contributed by atoms with van der Waals surface area (Å²) in [5, 5.41) is 16.8. The Morgan fingerprint density at radius 1 is 1.44 bits per heavy atom. The number of nitrogens with two attached hydrogens (primary N) is 2. The maximum absolute atomic E-state index is 10.9. The fourth-order valence-electron chi connectivity index (χ4n) is 1.40. The van der Waals surface area contributed by atoms with Crippen molar-refractivity contribution in [3.05, 3.63) is 27.8 Å². The van der Waals surface area contributed by atoms with E-state index in [-0.39, 0.29) is 24.0 Å². The Bertz CT molecular complexity index is 550. The maximum Gasteiger partial charge on any atom is 0.286 e. The molecule has 9 nitrogen and oxygen atoms in total. The molecule has 0 amide bonds. The van der Waals surface area contributed by atoms with E-state index in [1.165, 1.54) is 18.3 Å². The highest BCUT2D eigenvalue weighted by molar-refractivity contribution is 5.84. The zero-order chi connectivity index (χ0) is 13.1. The van der Waals surface area contributed by atoms with Gasteiger partial charge in [0.2, 0.25) is 13.0 Å². The van der Waals surface area contributed by atoms with Crippen molar-refractivity contribution >= 4 is 17.9 Å². The molecule has 1 aromatic carbocycles. The monoisotopic (exact) mass is 252 g/mol. The van der Waals surface area contributed by atoms with Crippen LogP contribution in [0.5, 0.6) is 11.5 Å². The largest absolute Gasteiger partial charge is 0.454 e. The number of hydrogen-bond donors (Lipinski definition) is 3. The third-order valence-corrected chi connectivity index (χ3v) is 2.13. The molecule has 0 bridgehead atoms. The first kappa shape index (κ1) is 11.6. The molecule has 0 unspecified atom stereocenters. The number of benzene rings is 1. The molecule has 1 heterocycles. The van der Waals surface area contributed by atoms with Crippen molar-refractivity contribution in [1.29, 1.82) is 0 Å². The van der Waals surface area contributed by atoms with Crippen molar-refractivity contribution in [3.8, 4) is 11.5 Å². The van der Waals surface area contributed by atoms with Gasteiger partial charge in [-0.25, -0.2) is 0 Å². The molecular formula is C9H10N5O4+. The second-order valence-corrected chi connectivity index (χ2v) is 3.33. The summed E-state index contributed by atoms with van der Waals surface area (Å²) in [7, 11) is 0. The van der Waals surface area contributed by atoms with E-state index >= 15 is 0 Å². The number of hydrazone groups is 1. The van der Waals surface area contributed by atoms with Gasteiger partial charge in [0, 0.05) is 11.2 Å². The molecule has 94 valence electrons. The van der Waals surface area contributed by atoms with Gasteiger partial charge in [-0.3, -0.25) is 10.1 Å². The zero-order valence-corrected chi connectivity index (χ0v) is 9.12. The summed E-state index contributed by atoms with van der Waals surface area (Å²) >= 11 is 0. The van der Waals surface area contributed by atoms with Gasteiger partial charge in [-0.05, 0) is 0 Å². The van der Waals surface area contributed by atoms with Crippen molar-refractivity contribution in [2.75, 3.05) is 6.79 Å².